The molecule has 6 heteroatoms. The number of aromatic nitrogens is 1. The molecule has 1 aliphatic rings. The van der Waals surface area contributed by atoms with Gasteiger partial charge >= 0.3 is 0 Å². The van der Waals surface area contributed by atoms with Crippen molar-refractivity contribution in [1.29, 1.82) is 0 Å². The van der Waals surface area contributed by atoms with Crippen molar-refractivity contribution in [2.75, 3.05) is 11.9 Å². The van der Waals surface area contributed by atoms with E-state index in [-0.39, 0.29) is 16.8 Å². The van der Waals surface area contributed by atoms with Gasteiger partial charge < -0.3 is 10.1 Å². The van der Waals surface area contributed by atoms with E-state index in [1.54, 1.807) is 42.6 Å². The van der Waals surface area contributed by atoms with Crippen molar-refractivity contribution in [2.45, 2.75) is 33.6 Å². The smallest absolute Gasteiger partial charge is 0.268 e. The molecule has 1 aliphatic carbocycles. The van der Waals surface area contributed by atoms with E-state index >= 15 is 0 Å². The molecule has 0 spiro atoms. The van der Waals surface area contributed by atoms with E-state index in [0.717, 1.165) is 0 Å². The standard InChI is InChI=1S/C26H26N2O4/c1-4-32-19-12-10-17(11-13-19)27-24(30)23-20-14-26(2,3)15-22(29)21(20)16-28(25(23)31)18-8-6-5-7-9-18/h5-13,16H,4,14-15H2,1-3H3,(H,27,30). The highest BCUT2D eigenvalue weighted by molar-refractivity contribution is 6.08. The number of carbonyl (C=O) groups excluding carboxylic acids is 2. The van der Waals surface area contributed by atoms with Gasteiger partial charge in [-0.05, 0) is 60.7 Å². The summed E-state index contributed by atoms with van der Waals surface area (Å²) in [5.41, 5.74) is 1.35. The predicted octanol–water partition coefficient (Wildman–Crippen LogP) is 4.64. The number of fused-ring (bicyclic) bond motifs is 1. The average molecular weight is 431 g/mol. The summed E-state index contributed by atoms with van der Waals surface area (Å²) in [4.78, 5) is 39.8. The average Bonchev–Trinajstić information content (AvgIpc) is 2.75. The van der Waals surface area contributed by atoms with Crippen LogP contribution >= 0.6 is 0 Å². The Balaban J connectivity index is 1.82. The lowest BCUT2D eigenvalue weighted by Gasteiger charge is -2.31. The molecule has 1 N–H and O–H groups in total. The summed E-state index contributed by atoms with van der Waals surface area (Å²) >= 11 is 0. The molecule has 3 aromatic rings. The third-order valence-electron chi connectivity index (χ3n) is 5.60. The fourth-order valence-corrected chi connectivity index (χ4v) is 4.15. The van der Waals surface area contributed by atoms with Gasteiger partial charge in [-0.3, -0.25) is 19.0 Å². The molecule has 0 unspecified atom stereocenters. The van der Waals surface area contributed by atoms with Gasteiger partial charge in [-0.1, -0.05) is 32.0 Å². The summed E-state index contributed by atoms with van der Waals surface area (Å²) in [6, 6.07) is 16.0. The zero-order chi connectivity index (χ0) is 22.9. The molecular weight excluding hydrogens is 404 g/mol. The zero-order valence-corrected chi connectivity index (χ0v) is 18.5. The highest BCUT2D eigenvalue weighted by Gasteiger charge is 2.36. The predicted molar refractivity (Wildman–Crippen MR) is 124 cm³/mol. The molecule has 1 heterocycles. The Labute approximate surface area is 186 Å². The Kier molecular flexibility index (Phi) is 5.70. The van der Waals surface area contributed by atoms with Crippen LogP contribution < -0.4 is 15.6 Å². The minimum atomic E-state index is -0.522. The van der Waals surface area contributed by atoms with Crippen molar-refractivity contribution in [3.05, 3.63) is 87.8 Å². The molecule has 1 amide bonds. The fraction of sp³-hybridized carbons (Fsp3) is 0.269. The van der Waals surface area contributed by atoms with Crippen LogP contribution in [0.3, 0.4) is 0 Å². The number of ketones is 1. The van der Waals surface area contributed by atoms with E-state index in [9.17, 15) is 14.4 Å². The third-order valence-corrected chi connectivity index (χ3v) is 5.60. The second-order valence-electron chi connectivity index (χ2n) is 8.76. The number of anilines is 1. The number of nitrogens with one attached hydrogen (secondary N) is 1. The summed E-state index contributed by atoms with van der Waals surface area (Å²) in [7, 11) is 0. The van der Waals surface area contributed by atoms with Crippen LogP contribution in [0.25, 0.3) is 5.69 Å². The summed E-state index contributed by atoms with van der Waals surface area (Å²) in [5.74, 6) is 0.114. The number of para-hydroxylation sites is 1. The van der Waals surface area contributed by atoms with E-state index in [1.807, 2.05) is 39.0 Å². The van der Waals surface area contributed by atoms with E-state index in [2.05, 4.69) is 5.32 Å². The van der Waals surface area contributed by atoms with Gasteiger partial charge in [-0.25, -0.2) is 0 Å². The Bertz CT molecular complexity index is 1230. The molecule has 0 radical (unpaired) electrons. The van der Waals surface area contributed by atoms with Crippen molar-refractivity contribution in [3.8, 4) is 11.4 Å². The molecule has 164 valence electrons. The summed E-state index contributed by atoms with van der Waals surface area (Å²) in [5, 5.41) is 2.82. The largest absolute Gasteiger partial charge is 0.494 e. The molecule has 0 saturated carbocycles. The van der Waals surface area contributed by atoms with Crippen molar-refractivity contribution in [3.63, 3.8) is 0 Å². The van der Waals surface area contributed by atoms with Crippen molar-refractivity contribution in [2.24, 2.45) is 5.41 Å². The first kappa shape index (κ1) is 21.6. The molecule has 0 fully saturated rings. The van der Waals surface area contributed by atoms with Gasteiger partial charge in [0.2, 0.25) is 0 Å². The van der Waals surface area contributed by atoms with Crippen molar-refractivity contribution < 1.29 is 14.3 Å². The van der Waals surface area contributed by atoms with E-state index in [1.165, 1.54) is 4.57 Å². The Hall–Kier alpha value is -3.67. The third kappa shape index (κ3) is 4.21. The van der Waals surface area contributed by atoms with Crippen LogP contribution in [-0.4, -0.2) is 22.9 Å². The molecule has 6 nitrogen and oxygen atoms in total. The van der Waals surface area contributed by atoms with Crippen LogP contribution in [0.15, 0.2) is 65.6 Å². The number of rotatable bonds is 5. The van der Waals surface area contributed by atoms with Crippen LogP contribution in [0.1, 0.15) is 53.5 Å². The molecular formula is C26H26N2O4. The number of nitrogens with zero attached hydrogens (tertiary/aromatic N) is 1. The van der Waals surface area contributed by atoms with Crippen LogP contribution in [0, 0.1) is 5.41 Å². The number of Topliss-reactive ketones (excluding diaryl/α,β-unsaturated/α-hetero) is 1. The molecule has 2 aromatic carbocycles. The molecule has 32 heavy (non-hydrogen) atoms. The van der Waals surface area contributed by atoms with Gasteiger partial charge in [0.25, 0.3) is 11.5 Å². The zero-order valence-electron chi connectivity index (χ0n) is 18.5. The monoisotopic (exact) mass is 430 g/mol. The second-order valence-corrected chi connectivity index (χ2v) is 8.76. The van der Waals surface area contributed by atoms with E-state index < -0.39 is 11.5 Å². The first-order chi connectivity index (χ1) is 15.3. The molecule has 0 atom stereocenters. The molecule has 4 rings (SSSR count). The van der Waals surface area contributed by atoms with Gasteiger partial charge in [0.1, 0.15) is 11.3 Å². The Morgan fingerprint density at radius 1 is 1.03 bits per heavy atom. The quantitative estimate of drug-likeness (QED) is 0.640. The number of hydrogen-bond acceptors (Lipinski definition) is 4. The molecule has 0 saturated heterocycles. The van der Waals surface area contributed by atoms with Gasteiger partial charge in [0.15, 0.2) is 5.78 Å². The van der Waals surface area contributed by atoms with Gasteiger partial charge in [-0.15, -0.1) is 0 Å². The number of amides is 1. The van der Waals surface area contributed by atoms with Crippen LogP contribution in [0.4, 0.5) is 5.69 Å². The van der Waals surface area contributed by atoms with Crippen molar-refractivity contribution in [1.82, 2.24) is 4.57 Å². The minimum absolute atomic E-state index is 0.0152. The van der Waals surface area contributed by atoms with Crippen LogP contribution in [-0.2, 0) is 6.42 Å². The van der Waals surface area contributed by atoms with Gasteiger partial charge in [-0.2, -0.15) is 0 Å². The van der Waals surface area contributed by atoms with Crippen molar-refractivity contribution >= 4 is 17.4 Å². The molecule has 0 bridgehead atoms. The topological polar surface area (TPSA) is 77.4 Å². The lowest BCUT2D eigenvalue weighted by Crippen LogP contribution is -2.37. The number of ether oxygens (including phenoxy) is 1. The lowest BCUT2D eigenvalue weighted by atomic mass is 9.73. The van der Waals surface area contributed by atoms with Gasteiger partial charge in [0.05, 0.1) is 6.61 Å². The minimum Gasteiger partial charge on any atom is -0.494 e. The van der Waals surface area contributed by atoms with Crippen LogP contribution in [0.5, 0.6) is 5.75 Å². The SMILES string of the molecule is CCOc1ccc(NC(=O)c2c3c(cn(-c4ccccc4)c2=O)C(=O)CC(C)(C)C3)cc1. The summed E-state index contributed by atoms with van der Waals surface area (Å²) in [6.07, 6.45) is 2.43. The number of pyridine rings is 1. The Morgan fingerprint density at radius 3 is 2.38 bits per heavy atom. The first-order valence-electron chi connectivity index (χ1n) is 10.7. The summed E-state index contributed by atoms with van der Waals surface area (Å²) in [6.45, 7) is 6.40. The molecule has 0 aliphatic heterocycles. The van der Waals surface area contributed by atoms with Gasteiger partial charge in [0, 0.05) is 29.6 Å². The fourth-order valence-electron chi connectivity index (χ4n) is 4.15. The van der Waals surface area contributed by atoms with E-state index in [4.69, 9.17) is 4.74 Å². The summed E-state index contributed by atoms with van der Waals surface area (Å²) < 4.78 is 6.83. The molecule has 1 aromatic heterocycles. The number of carbonyl (C=O) groups is 2. The maximum Gasteiger partial charge on any atom is 0.268 e. The van der Waals surface area contributed by atoms with E-state index in [0.29, 0.717) is 47.7 Å². The highest BCUT2D eigenvalue weighted by atomic mass is 16.5. The lowest BCUT2D eigenvalue weighted by molar-refractivity contribution is 0.0910. The number of benzene rings is 2. The Morgan fingerprint density at radius 2 is 1.72 bits per heavy atom. The van der Waals surface area contributed by atoms with Crippen LogP contribution in [0.2, 0.25) is 0 Å². The number of hydrogen-bond donors (Lipinski definition) is 1. The first-order valence-corrected chi connectivity index (χ1v) is 10.7. The highest BCUT2D eigenvalue weighted by Crippen LogP contribution is 2.36. The maximum absolute atomic E-state index is 13.5. The second kappa shape index (κ2) is 8.46. The maximum atomic E-state index is 13.5. The normalized spacial score (nSPS) is 14.5.